The summed E-state index contributed by atoms with van der Waals surface area (Å²) in [6.45, 7) is 2.67. The molecule has 2 atom stereocenters. The van der Waals surface area contributed by atoms with Gasteiger partial charge in [0.1, 0.15) is 0 Å². The van der Waals surface area contributed by atoms with Gasteiger partial charge < -0.3 is 5.11 Å². The third-order valence-corrected chi connectivity index (χ3v) is 6.64. The molecule has 0 amide bonds. The lowest BCUT2D eigenvalue weighted by Crippen LogP contribution is -2.50. The normalized spacial score (nSPS) is 41.8. The van der Waals surface area contributed by atoms with Crippen LogP contribution < -0.4 is 0 Å². The standard InChI is InChI=1S/C16H27NO/c18-13-3-6-16(4-1-2-5-16)14(11-13)17-10-9-15(12-17)7-8-15/h13-14,18H,1-12H2. The Morgan fingerprint density at radius 3 is 2.39 bits per heavy atom. The molecule has 0 radical (unpaired) electrons. The second-order valence-electron chi connectivity index (χ2n) is 7.73. The zero-order valence-electron chi connectivity index (χ0n) is 11.5. The lowest BCUT2D eigenvalue weighted by molar-refractivity contribution is -0.0194. The van der Waals surface area contributed by atoms with E-state index in [9.17, 15) is 5.11 Å². The fraction of sp³-hybridized carbons (Fsp3) is 1.00. The summed E-state index contributed by atoms with van der Waals surface area (Å²) < 4.78 is 0. The molecule has 0 aromatic rings. The Kier molecular flexibility index (Phi) is 2.58. The highest BCUT2D eigenvalue weighted by Crippen LogP contribution is 2.57. The summed E-state index contributed by atoms with van der Waals surface area (Å²) in [6.07, 6.45) is 13.6. The van der Waals surface area contributed by atoms with E-state index >= 15 is 0 Å². The maximum absolute atomic E-state index is 10.1. The minimum absolute atomic E-state index is 0.0167. The van der Waals surface area contributed by atoms with Crippen LogP contribution in [0.25, 0.3) is 0 Å². The molecule has 1 N–H and O–H groups in total. The van der Waals surface area contributed by atoms with E-state index in [4.69, 9.17) is 0 Å². The van der Waals surface area contributed by atoms with E-state index in [0.29, 0.717) is 11.5 Å². The Morgan fingerprint density at radius 1 is 0.944 bits per heavy atom. The summed E-state index contributed by atoms with van der Waals surface area (Å²) >= 11 is 0. The Balaban J connectivity index is 1.55. The van der Waals surface area contributed by atoms with E-state index in [-0.39, 0.29) is 6.10 Å². The highest BCUT2D eigenvalue weighted by Gasteiger charge is 2.53. The van der Waals surface area contributed by atoms with E-state index < -0.39 is 0 Å². The number of hydrogen-bond acceptors (Lipinski definition) is 2. The van der Waals surface area contributed by atoms with Gasteiger partial charge in [-0.2, -0.15) is 0 Å². The van der Waals surface area contributed by atoms with Gasteiger partial charge in [0.25, 0.3) is 0 Å². The van der Waals surface area contributed by atoms with Crippen LogP contribution in [0.1, 0.15) is 64.2 Å². The van der Waals surface area contributed by atoms with E-state index in [0.717, 1.165) is 18.3 Å². The molecule has 0 aromatic heterocycles. The molecule has 2 heteroatoms. The zero-order valence-corrected chi connectivity index (χ0v) is 11.5. The highest BCUT2D eigenvalue weighted by atomic mass is 16.3. The fourth-order valence-electron chi connectivity index (χ4n) is 5.27. The first-order valence-electron chi connectivity index (χ1n) is 8.14. The van der Waals surface area contributed by atoms with Crippen molar-refractivity contribution in [3.8, 4) is 0 Å². The van der Waals surface area contributed by atoms with Crippen molar-refractivity contribution in [2.75, 3.05) is 13.1 Å². The summed E-state index contributed by atoms with van der Waals surface area (Å²) in [5.41, 5.74) is 1.34. The third-order valence-electron chi connectivity index (χ3n) is 6.64. The van der Waals surface area contributed by atoms with Gasteiger partial charge in [-0.25, -0.2) is 0 Å². The molecule has 4 aliphatic rings. The smallest absolute Gasteiger partial charge is 0.0555 e. The molecule has 2 nitrogen and oxygen atoms in total. The van der Waals surface area contributed by atoms with Crippen LogP contribution in [0.3, 0.4) is 0 Å². The van der Waals surface area contributed by atoms with Crippen LogP contribution in [0.4, 0.5) is 0 Å². The third kappa shape index (κ3) is 1.76. The van der Waals surface area contributed by atoms with Gasteiger partial charge in [0, 0.05) is 12.6 Å². The Bertz CT molecular complexity index is 330. The quantitative estimate of drug-likeness (QED) is 0.772. The second-order valence-corrected chi connectivity index (χ2v) is 7.73. The maximum atomic E-state index is 10.1. The first-order chi connectivity index (χ1) is 8.72. The van der Waals surface area contributed by atoms with Crippen LogP contribution in [0.15, 0.2) is 0 Å². The molecular weight excluding hydrogens is 222 g/mol. The molecule has 2 spiro atoms. The number of aliphatic hydroxyl groups is 1. The molecule has 0 aromatic carbocycles. The summed E-state index contributed by atoms with van der Waals surface area (Å²) in [5, 5.41) is 10.1. The molecule has 102 valence electrons. The van der Waals surface area contributed by atoms with E-state index in [1.165, 1.54) is 64.5 Å². The first-order valence-corrected chi connectivity index (χ1v) is 8.14. The fourth-order valence-corrected chi connectivity index (χ4v) is 5.27. The Labute approximate surface area is 111 Å². The predicted octanol–water partition coefficient (Wildman–Crippen LogP) is 2.95. The van der Waals surface area contributed by atoms with Gasteiger partial charge in [0.2, 0.25) is 0 Å². The van der Waals surface area contributed by atoms with Crippen LogP contribution in [0, 0.1) is 10.8 Å². The monoisotopic (exact) mass is 249 g/mol. The molecule has 2 unspecified atom stereocenters. The molecule has 3 saturated carbocycles. The van der Waals surface area contributed by atoms with Crippen LogP contribution in [0.5, 0.6) is 0 Å². The molecule has 4 rings (SSSR count). The van der Waals surface area contributed by atoms with Crippen molar-refractivity contribution in [1.29, 1.82) is 0 Å². The van der Waals surface area contributed by atoms with Gasteiger partial charge in [-0.15, -0.1) is 0 Å². The van der Waals surface area contributed by atoms with Crippen LogP contribution in [0.2, 0.25) is 0 Å². The van der Waals surface area contributed by atoms with Crippen LogP contribution >= 0.6 is 0 Å². The number of likely N-dealkylation sites (tertiary alicyclic amines) is 1. The molecular formula is C16H27NO. The average molecular weight is 249 g/mol. The van der Waals surface area contributed by atoms with Crippen molar-refractivity contribution in [2.45, 2.75) is 76.4 Å². The molecule has 4 fully saturated rings. The largest absolute Gasteiger partial charge is 0.393 e. The Hall–Kier alpha value is -0.0800. The predicted molar refractivity (Wildman–Crippen MR) is 72.4 cm³/mol. The molecule has 1 heterocycles. The van der Waals surface area contributed by atoms with Crippen molar-refractivity contribution >= 4 is 0 Å². The van der Waals surface area contributed by atoms with E-state index in [1.54, 1.807) is 0 Å². The number of hydrogen-bond donors (Lipinski definition) is 1. The minimum atomic E-state index is -0.0167. The lowest BCUT2D eigenvalue weighted by Gasteiger charge is -2.48. The minimum Gasteiger partial charge on any atom is -0.393 e. The molecule has 1 aliphatic heterocycles. The molecule has 1 saturated heterocycles. The highest BCUT2D eigenvalue weighted by molar-refractivity contribution is 5.07. The van der Waals surface area contributed by atoms with Crippen LogP contribution in [-0.4, -0.2) is 35.2 Å². The van der Waals surface area contributed by atoms with E-state index in [2.05, 4.69) is 4.90 Å². The van der Waals surface area contributed by atoms with Crippen molar-refractivity contribution in [1.82, 2.24) is 4.90 Å². The van der Waals surface area contributed by atoms with Crippen LogP contribution in [-0.2, 0) is 0 Å². The van der Waals surface area contributed by atoms with Gasteiger partial charge in [-0.05, 0) is 68.7 Å². The molecule has 3 aliphatic carbocycles. The SMILES string of the molecule is OC1CCC2(CCCC2)C(N2CCC3(CC3)C2)C1. The van der Waals surface area contributed by atoms with Gasteiger partial charge >= 0.3 is 0 Å². The Morgan fingerprint density at radius 2 is 1.72 bits per heavy atom. The number of aliphatic hydroxyl groups excluding tert-OH is 1. The number of rotatable bonds is 1. The molecule has 0 bridgehead atoms. The average Bonchev–Trinajstić information content (AvgIpc) is 2.79. The van der Waals surface area contributed by atoms with Crippen molar-refractivity contribution in [2.24, 2.45) is 10.8 Å². The van der Waals surface area contributed by atoms with E-state index in [1.807, 2.05) is 0 Å². The zero-order chi connectivity index (χ0) is 12.2. The number of nitrogens with zero attached hydrogens (tertiary/aromatic N) is 1. The summed E-state index contributed by atoms with van der Waals surface area (Å²) in [5.74, 6) is 0. The molecule has 18 heavy (non-hydrogen) atoms. The van der Waals surface area contributed by atoms with Gasteiger partial charge in [0.15, 0.2) is 0 Å². The summed E-state index contributed by atoms with van der Waals surface area (Å²) in [6, 6.07) is 0.712. The van der Waals surface area contributed by atoms with Gasteiger partial charge in [0.05, 0.1) is 6.10 Å². The van der Waals surface area contributed by atoms with Gasteiger partial charge in [-0.1, -0.05) is 12.8 Å². The second kappa shape index (κ2) is 3.96. The van der Waals surface area contributed by atoms with Gasteiger partial charge in [-0.3, -0.25) is 4.90 Å². The first kappa shape index (κ1) is 11.7. The lowest BCUT2D eigenvalue weighted by atomic mass is 9.67. The summed E-state index contributed by atoms with van der Waals surface area (Å²) in [4.78, 5) is 2.79. The van der Waals surface area contributed by atoms with Crippen molar-refractivity contribution in [3.05, 3.63) is 0 Å². The van der Waals surface area contributed by atoms with Crippen molar-refractivity contribution < 1.29 is 5.11 Å². The topological polar surface area (TPSA) is 23.5 Å². The summed E-state index contributed by atoms with van der Waals surface area (Å²) in [7, 11) is 0. The van der Waals surface area contributed by atoms with Crippen molar-refractivity contribution in [3.63, 3.8) is 0 Å². The maximum Gasteiger partial charge on any atom is 0.0555 e.